The number of piperidine rings is 1. The molecular formula is C29H45NO4S. The third-order valence-electron chi connectivity index (χ3n) is 12.0. The van der Waals surface area contributed by atoms with Crippen LogP contribution in [-0.4, -0.2) is 49.1 Å². The van der Waals surface area contributed by atoms with Gasteiger partial charge in [-0.15, -0.1) is 0 Å². The molecular weight excluding hydrogens is 458 g/mol. The molecule has 4 aliphatic carbocycles. The summed E-state index contributed by atoms with van der Waals surface area (Å²) in [6.07, 6.45) is 11.9. The van der Waals surface area contributed by atoms with Crippen LogP contribution in [0.15, 0.2) is 11.1 Å². The van der Waals surface area contributed by atoms with Gasteiger partial charge in [0, 0.05) is 25.3 Å². The van der Waals surface area contributed by atoms with Gasteiger partial charge in [-0.25, -0.2) is 8.42 Å². The Hall–Kier alpha value is -0.720. The van der Waals surface area contributed by atoms with Crippen LogP contribution in [0, 0.1) is 40.9 Å². The van der Waals surface area contributed by atoms with Crippen LogP contribution >= 0.6 is 0 Å². The smallest absolute Gasteiger partial charge is 0.211 e. The van der Waals surface area contributed by atoms with E-state index >= 15 is 0 Å². The molecule has 5 fully saturated rings. The molecule has 1 unspecified atom stereocenters. The number of sulfonamides is 1. The summed E-state index contributed by atoms with van der Waals surface area (Å²) in [5.74, 6) is 3.74. The number of allylic oxidation sites excluding steroid dienone is 1. The first kappa shape index (κ1) is 24.6. The molecule has 6 heteroatoms. The quantitative estimate of drug-likeness (QED) is 0.453. The fraction of sp³-hybridized carbons (Fsp3) is 0.897. The molecule has 0 amide bonds. The van der Waals surface area contributed by atoms with E-state index in [1.807, 2.05) is 0 Å². The molecule has 2 saturated heterocycles. The number of carbonyl (C=O) groups is 1. The highest BCUT2D eigenvalue weighted by atomic mass is 32.2. The SMILES string of the molecule is CC1=C2C[C@H]3C(CC[C@@H]4CC(=O)CC[C@@]43C)[C@@H]2CC[C@@]2(C1)O[C@@H]1C[C@H](C)CN(S(C)(=O)=O)[C@H]1[C@H]2C. The van der Waals surface area contributed by atoms with Gasteiger partial charge in [-0.2, -0.15) is 4.31 Å². The maximum absolute atomic E-state index is 12.7. The van der Waals surface area contributed by atoms with Gasteiger partial charge in [-0.05, 0) is 93.3 Å². The standard InChI is InChI=1S/C29H45NO4S/c1-17-12-26-27(30(16-17)35(5,32)33)19(3)29(34-26)11-9-22-23-7-6-20-13-21(31)8-10-28(20,4)25(23)14-24(22)18(2)15-29/h17,19-20,22-23,25-27H,6-16H2,1-5H3/t17-,19+,20+,22-,23?,25-,26+,27-,28-,29-/m0/s1. The van der Waals surface area contributed by atoms with Crippen LogP contribution in [0.4, 0.5) is 0 Å². The second kappa shape index (κ2) is 8.14. The van der Waals surface area contributed by atoms with Crippen molar-refractivity contribution in [3.8, 4) is 0 Å². The average molecular weight is 504 g/mol. The molecule has 10 atom stereocenters. The number of hydrogen-bond acceptors (Lipinski definition) is 4. The van der Waals surface area contributed by atoms with Gasteiger partial charge in [0.15, 0.2) is 0 Å². The van der Waals surface area contributed by atoms with Gasteiger partial charge in [-0.3, -0.25) is 4.79 Å². The van der Waals surface area contributed by atoms with Crippen LogP contribution in [0.1, 0.15) is 91.9 Å². The lowest BCUT2D eigenvalue weighted by atomic mass is 9.52. The monoisotopic (exact) mass is 503 g/mol. The molecule has 0 aromatic carbocycles. The van der Waals surface area contributed by atoms with Crippen LogP contribution in [0.3, 0.4) is 0 Å². The van der Waals surface area contributed by atoms with E-state index in [-0.39, 0.29) is 23.7 Å². The Kier molecular flexibility index (Phi) is 5.72. The molecule has 6 rings (SSSR count). The predicted molar refractivity (Wildman–Crippen MR) is 137 cm³/mol. The molecule has 0 bridgehead atoms. The number of ketones is 1. The Morgan fingerprint density at radius 1 is 1.09 bits per heavy atom. The van der Waals surface area contributed by atoms with Crippen molar-refractivity contribution in [1.82, 2.24) is 4.31 Å². The molecule has 3 saturated carbocycles. The fourth-order valence-electron chi connectivity index (χ4n) is 10.1. The molecule has 196 valence electrons. The highest BCUT2D eigenvalue weighted by Gasteiger charge is 2.61. The topological polar surface area (TPSA) is 63.7 Å². The molecule has 0 aromatic heterocycles. The van der Waals surface area contributed by atoms with Crippen molar-refractivity contribution in [1.29, 1.82) is 0 Å². The average Bonchev–Trinajstić information content (AvgIpc) is 3.23. The number of Topliss-reactive ketones (excluding diaryl/α,β-unsaturated/α-hetero) is 1. The van der Waals surface area contributed by atoms with Gasteiger partial charge >= 0.3 is 0 Å². The van der Waals surface area contributed by atoms with Crippen LogP contribution in [0.2, 0.25) is 0 Å². The van der Waals surface area contributed by atoms with Crippen molar-refractivity contribution >= 4 is 15.8 Å². The maximum Gasteiger partial charge on any atom is 0.211 e. The first-order chi connectivity index (χ1) is 16.4. The van der Waals surface area contributed by atoms with E-state index in [1.165, 1.54) is 37.5 Å². The fourth-order valence-corrected chi connectivity index (χ4v) is 11.4. The van der Waals surface area contributed by atoms with E-state index in [2.05, 4.69) is 27.7 Å². The first-order valence-electron chi connectivity index (χ1n) is 14.3. The largest absolute Gasteiger partial charge is 0.369 e. The van der Waals surface area contributed by atoms with Crippen LogP contribution in [-0.2, 0) is 19.6 Å². The Balaban J connectivity index is 1.30. The number of carbonyl (C=O) groups excluding carboxylic acids is 1. The summed E-state index contributed by atoms with van der Waals surface area (Å²) in [7, 11) is -3.26. The third-order valence-corrected chi connectivity index (χ3v) is 13.2. The van der Waals surface area contributed by atoms with Crippen LogP contribution in [0.25, 0.3) is 0 Å². The second-order valence-electron chi connectivity index (χ2n) is 13.8. The Labute approximate surface area is 212 Å². The van der Waals surface area contributed by atoms with Gasteiger partial charge in [0.05, 0.1) is 24.0 Å². The Morgan fingerprint density at radius 3 is 2.60 bits per heavy atom. The van der Waals surface area contributed by atoms with E-state index in [0.29, 0.717) is 35.5 Å². The Morgan fingerprint density at radius 2 is 1.86 bits per heavy atom. The van der Waals surface area contributed by atoms with Gasteiger partial charge in [-0.1, -0.05) is 31.9 Å². The van der Waals surface area contributed by atoms with Crippen molar-refractivity contribution < 1.29 is 17.9 Å². The predicted octanol–water partition coefficient (Wildman–Crippen LogP) is 5.35. The third kappa shape index (κ3) is 3.66. The summed E-state index contributed by atoms with van der Waals surface area (Å²) in [5, 5.41) is 0. The van der Waals surface area contributed by atoms with Gasteiger partial charge in [0.1, 0.15) is 5.78 Å². The molecule has 0 aromatic rings. The molecule has 0 radical (unpaired) electrons. The highest BCUT2D eigenvalue weighted by molar-refractivity contribution is 7.88. The lowest BCUT2D eigenvalue weighted by Crippen LogP contribution is -2.53. The van der Waals surface area contributed by atoms with Gasteiger partial charge < -0.3 is 4.74 Å². The van der Waals surface area contributed by atoms with E-state index in [1.54, 1.807) is 9.88 Å². The molecule has 0 N–H and O–H groups in total. The highest BCUT2D eigenvalue weighted by Crippen LogP contribution is 2.65. The molecule has 6 aliphatic rings. The van der Waals surface area contributed by atoms with Crippen molar-refractivity contribution in [3.05, 3.63) is 11.1 Å². The number of ether oxygens (including phenoxy) is 1. The minimum Gasteiger partial charge on any atom is -0.369 e. The van der Waals surface area contributed by atoms with E-state index in [4.69, 9.17) is 4.74 Å². The van der Waals surface area contributed by atoms with E-state index in [0.717, 1.165) is 50.4 Å². The number of hydrogen-bond donors (Lipinski definition) is 0. The van der Waals surface area contributed by atoms with Crippen LogP contribution < -0.4 is 0 Å². The summed E-state index contributed by atoms with van der Waals surface area (Å²) in [6.45, 7) is 9.92. The maximum atomic E-state index is 12.7. The van der Waals surface area contributed by atoms with E-state index in [9.17, 15) is 13.2 Å². The number of nitrogens with zero attached hydrogens (tertiary/aromatic N) is 1. The van der Waals surface area contributed by atoms with Crippen molar-refractivity contribution in [2.24, 2.45) is 40.9 Å². The summed E-state index contributed by atoms with van der Waals surface area (Å²) >= 11 is 0. The number of rotatable bonds is 1. The lowest BCUT2D eigenvalue weighted by molar-refractivity contribution is -0.129. The lowest BCUT2D eigenvalue weighted by Gasteiger charge is -2.52. The Bertz CT molecular complexity index is 1050. The zero-order chi connectivity index (χ0) is 24.9. The molecule has 1 spiro atoms. The minimum absolute atomic E-state index is 0.0149. The first-order valence-corrected chi connectivity index (χ1v) is 16.1. The molecule has 2 heterocycles. The molecule has 2 aliphatic heterocycles. The zero-order valence-corrected chi connectivity index (χ0v) is 23.2. The summed E-state index contributed by atoms with van der Waals surface area (Å²) < 4.78 is 34.3. The number of fused-ring (bicyclic) bond motifs is 6. The zero-order valence-electron chi connectivity index (χ0n) is 22.4. The van der Waals surface area contributed by atoms with Crippen LogP contribution in [0.5, 0.6) is 0 Å². The van der Waals surface area contributed by atoms with E-state index < -0.39 is 10.0 Å². The van der Waals surface area contributed by atoms with Crippen molar-refractivity contribution in [2.75, 3.05) is 12.8 Å². The second-order valence-corrected chi connectivity index (χ2v) is 15.7. The van der Waals surface area contributed by atoms with Gasteiger partial charge in [0.25, 0.3) is 0 Å². The minimum atomic E-state index is -3.26. The molecule has 5 nitrogen and oxygen atoms in total. The van der Waals surface area contributed by atoms with Crippen molar-refractivity contribution in [2.45, 2.75) is 110 Å². The normalized spacial score (nSPS) is 50.5. The van der Waals surface area contributed by atoms with Gasteiger partial charge in [0.2, 0.25) is 10.0 Å². The summed E-state index contributed by atoms with van der Waals surface area (Å²) in [6, 6.07) is -0.0289. The summed E-state index contributed by atoms with van der Waals surface area (Å²) in [5.41, 5.74) is 3.32. The van der Waals surface area contributed by atoms with Crippen molar-refractivity contribution in [3.63, 3.8) is 0 Å². The summed E-state index contributed by atoms with van der Waals surface area (Å²) in [4.78, 5) is 12.2. The molecule has 35 heavy (non-hydrogen) atoms.